The number of nitrogens with zero attached hydrogens (tertiary/aromatic N) is 4. The monoisotopic (exact) mass is 556 g/mol. The maximum absolute atomic E-state index is 14.4. The minimum Gasteiger partial charge on any atom is -0.442 e. The van der Waals surface area contributed by atoms with Gasteiger partial charge in [0.15, 0.2) is 12.4 Å². The minimum absolute atomic E-state index is 0.0585. The summed E-state index contributed by atoms with van der Waals surface area (Å²) in [6, 6.07) is 4.45. The van der Waals surface area contributed by atoms with Gasteiger partial charge in [0.05, 0.1) is 11.9 Å². The number of nitrogens with one attached hydrogen (secondary N) is 3. The number of carbonyl (C=O) groups is 3. The van der Waals surface area contributed by atoms with Gasteiger partial charge < -0.3 is 26.4 Å². The van der Waals surface area contributed by atoms with Crippen LogP contribution >= 0.6 is 11.6 Å². The summed E-state index contributed by atoms with van der Waals surface area (Å²) in [5, 5.41) is 13.5. The van der Waals surface area contributed by atoms with Gasteiger partial charge in [-0.25, -0.2) is 19.1 Å². The zero-order valence-corrected chi connectivity index (χ0v) is 21.8. The first-order chi connectivity index (χ1) is 18.6. The van der Waals surface area contributed by atoms with Gasteiger partial charge in [0, 0.05) is 22.7 Å². The number of fused-ring (bicyclic) bond motifs is 1. The third-order valence-corrected chi connectivity index (χ3v) is 6.44. The molecule has 3 heterocycles. The number of benzene rings is 1. The fourth-order valence-corrected chi connectivity index (χ4v) is 3.93. The van der Waals surface area contributed by atoms with Crippen molar-refractivity contribution in [2.75, 3.05) is 17.4 Å². The molecule has 1 aliphatic carbocycles. The molecular formula is C25H26ClFN8O4. The second-order valence-corrected chi connectivity index (χ2v) is 10.0. The lowest BCUT2D eigenvalue weighted by atomic mass is 10.1. The van der Waals surface area contributed by atoms with Crippen molar-refractivity contribution in [1.82, 2.24) is 24.8 Å². The van der Waals surface area contributed by atoms with Gasteiger partial charge in [0.1, 0.15) is 29.2 Å². The van der Waals surface area contributed by atoms with E-state index in [9.17, 15) is 18.8 Å². The lowest BCUT2D eigenvalue weighted by molar-refractivity contribution is -0.151. The standard InChI is InChI=1S/C25H26ClFN8O4/c1-12(2)21(28)24(37)39-11-34-23(36)18(32-25(34)38)7-13-10-29-35-20(30-15-4-5-15)9-19(33-22(13)35)31-17-8-14(26)3-6-16(17)27/h3,6-10,12,15,21,30H,4-5,11,28H2,1-2H3,(H,31,33)(H,32,38)/b18-7-. The average molecular weight is 557 g/mol. The summed E-state index contributed by atoms with van der Waals surface area (Å²) in [4.78, 5) is 42.7. The summed E-state index contributed by atoms with van der Waals surface area (Å²) >= 11 is 6.03. The molecule has 39 heavy (non-hydrogen) atoms. The molecule has 2 aliphatic rings. The second kappa shape index (κ2) is 10.5. The van der Waals surface area contributed by atoms with E-state index in [2.05, 4.69) is 26.0 Å². The van der Waals surface area contributed by atoms with Crippen LogP contribution in [0.3, 0.4) is 0 Å². The summed E-state index contributed by atoms with van der Waals surface area (Å²) < 4.78 is 21.0. The zero-order valence-electron chi connectivity index (χ0n) is 21.1. The third kappa shape index (κ3) is 5.64. The molecule has 14 heteroatoms. The average Bonchev–Trinajstić information content (AvgIpc) is 3.56. The first-order valence-electron chi connectivity index (χ1n) is 12.2. The van der Waals surface area contributed by atoms with Crippen molar-refractivity contribution >= 4 is 58.6 Å². The molecule has 1 aliphatic heterocycles. The Labute approximate surface area is 227 Å². The molecule has 3 aromatic rings. The number of nitrogens with two attached hydrogens (primary N) is 1. The summed E-state index contributed by atoms with van der Waals surface area (Å²) in [6.07, 6.45) is 4.90. The molecular weight excluding hydrogens is 531 g/mol. The highest BCUT2D eigenvalue weighted by atomic mass is 35.5. The Bertz CT molecular complexity index is 1500. The van der Waals surface area contributed by atoms with Crippen LogP contribution in [0.15, 0.2) is 36.2 Å². The quantitative estimate of drug-likeness (QED) is 0.176. The Kier molecular flexibility index (Phi) is 7.10. The first-order valence-corrected chi connectivity index (χ1v) is 12.6. The van der Waals surface area contributed by atoms with Crippen molar-refractivity contribution in [2.45, 2.75) is 38.8 Å². The smallest absolute Gasteiger partial charge is 0.331 e. The molecule has 1 aromatic carbocycles. The number of ether oxygens (including phenoxy) is 1. The normalized spacial score (nSPS) is 17.2. The van der Waals surface area contributed by atoms with Crippen LogP contribution in [0.25, 0.3) is 11.7 Å². The van der Waals surface area contributed by atoms with Crippen LogP contribution in [-0.2, 0) is 14.3 Å². The minimum atomic E-state index is -0.882. The summed E-state index contributed by atoms with van der Waals surface area (Å²) in [5.74, 6) is -1.19. The maximum Gasteiger partial charge on any atom is 0.331 e. The SMILES string of the molecule is CC(C)C(N)C(=O)OCN1C(=O)N/C(=C\c2cnn3c(NC4CC4)cc(Nc4cc(Cl)ccc4F)nc23)C1=O. The predicted octanol–water partition coefficient (Wildman–Crippen LogP) is 3.22. The molecule has 12 nitrogen and oxygen atoms in total. The predicted molar refractivity (Wildman–Crippen MR) is 141 cm³/mol. The number of anilines is 3. The molecule has 1 atom stereocenters. The van der Waals surface area contributed by atoms with E-state index < -0.39 is 36.5 Å². The van der Waals surface area contributed by atoms with Crippen LogP contribution in [0.4, 0.5) is 26.5 Å². The molecule has 1 unspecified atom stereocenters. The van der Waals surface area contributed by atoms with Gasteiger partial charge in [-0.3, -0.25) is 9.59 Å². The number of halogens is 2. The van der Waals surface area contributed by atoms with E-state index in [0.717, 1.165) is 17.7 Å². The van der Waals surface area contributed by atoms with Crippen LogP contribution < -0.4 is 21.7 Å². The number of esters is 1. The number of carbonyl (C=O) groups excluding carboxylic acids is 3. The Hall–Kier alpha value is -4.23. The van der Waals surface area contributed by atoms with E-state index in [1.165, 1.54) is 30.5 Å². The Morgan fingerprint density at radius 1 is 1.33 bits per heavy atom. The van der Waals surface area contributed by atoms with Gasteiger partial charge in [-0.05, 0) is 43.0 Å². The molecule has 1 saturated heterocycles. The van der Waals surface area contributed by atoms with E-state index >= 15 is 0 Å². The van der Waals surface area contributed by atoms with Crippen molar-refractivity contribution in [3.63, 3.8) is 0 Å². The Morgan fingerprint density at radius 3 is 2.82 bits per heavy atom. The lowest BCUT2D eigenvalue weighted by Gasteiger charge is -2.17. The van der Waals surface area contributed by atoms with Gasteiger partial charge in [0.25, 0.3) is 5.91 Å². The second-order valence-electron chi connectivity index (χ2n) is 9.61. The lowest BCUT2D eigenvalue weighted by Crippen LogP contribution is -2.41. The van der Waals surface area contributed by atoms with Crippen molar-refractivity contribution in [3.05, 3.63) is 52.6 Å². The number of imide groups is 1. The highest BCUT2D eigenvalue weighted by Gasteiger charge is 2.35. The molecule has 0 spiro atoms. The third-order valence-electron chi connectivity index (χ3n) is 6.21. The first kappa shape index (κ1) is 26.4. The molecule has 5 rings (SSSR count). The summed E-state index contributed by atoms with van der Waals surface area (Å²) in [6.45, 7) is 2.93. The van der Waals surface area contributed by atoms with Crippen molar-refractivity contribution in [1.29, 1.82) is 0 Å². The number of hydrogen-bond donors (Lipinski definition) is 4. The number of rotatable bonds is 9. The van der Waals surface area contributed by atoms with E-state index in [0.29, 0.717) is 27.9 Å². The van der Waals surface area contributed by atoms with Crippen molar-refractivity contribution in [2.24, 2.45) is 11.7 Å². The van der Waals surface area contributed by atoms with Gasteiger partial charge in [-0.2, -0.15) is 9.61 Å². The van der Waals surface area contributed by atoms with Crippen LogP contribution in [0.2, 0.25) is 5.02 Å². The maximum atomic E-state index is 14.4. The van der Waals surface area contributed by atoms with Crippen LogP contribution in [-0.4, -0.2) is 56.2 Å². The Morgan fingerprint density at radius 2 is 2.10 bits per heavy atom. The number of amides is 3. The van der Waals surface area contributed by atoms with Gasteiger partial charge in [-0.15, -0.1) is 0 Å². The number of aromatic nitrogens is 3. The van der Waals surface area contributed by atoms with Crippen LogP contribution in [0, 0.1) is 11.7 Å². The fraction of sp³-hybridized carbons (Fsp3) is 0.320. The zero-order chi connectivity index (χ0) is 27.8. The molecule has 2 fully saturated rings. The van der Waals surface area contributed by atoms with Crippen LogP contribution in [0.5, 0.6) is 0 Å². The van der Waals surface area contributed by atoms with Gasteiger partial charge in [-0.1, -0.05) is 25.4 Å². The van der Waals surface area contributed by atoms with E-state index in [4.69, 9.17) is 22.1 Å². The van der Waals surface area contributed by atoms with Crippen molar-refractivity contribution in [3.8, 4) is 0 Å². The molecule has 0 bridgehead atoms. The number of hydrogen-bond acceptors (Lipinski definition) is 9. The fourth-order valence-electron chi connectivity index (χ4n) is 3.76. The summed E-state index contributed by atoms with van der Waals surface area (Å²) in [5.41, 5.74) is 6.59. The molecule has 5 N–H and O–H groups in total. The highest BCUT2D eigenvalue weighted by molar-refractivity contribution is 6.30. The van der Waals surface area contributed by atoms with Crippen molar-refractivity contribution < 1.29 is 23.5 Å². The highest BCUT2D eigenvalue weighted by Crippen LogP contribution is 2.30. The molecule has 1 saturated carbocycles. The van der Waals surface area contributed by atoms with Crippen LogP contribution in [0.1, 0.15) is 32.3 Å². The number of urea groups is 1. The molecule has 0 radical (unpaired) electrons. The molecule has 2 aromatic heterocycles. The Balaban J connectivity index is 1.43. The molecule has 204 valence electrons. The molecule has 3 amide bonds. The summed E-state index contributed by atoms with van der Waals surface area (Å²) in [7, 11) is 0. The largest absolute Gasteiger partial charge is 0.442 e. The van der Waals surface area contributed by atoms with Gasteiger partial charge >= 0.3 is 12.0 Å². The van der Waals surface area contributed by atoms with Gasteiger partial charge in [0.2, 0.25) is 0 Å². The topological polar surface area (TPSA) is 156 Å². The van der Waals surface area contributed by atoms with E-state index in [1.807, 2.05) is 0 Å². The van der Waals surface area contributed by atoms with E-state index in [1.54, 1.807) is 24.4 Å². The van der Waals surface area contributed by atoms with E-state index in [-0.39, 0.29) is 23.3 Å².